The van der Waals surface area contributed by atoms with Crippen LogP contribution < -0.4 is 10.1 Å². The summed E-state index contributed by atoms with van der Waals surface area (Å²) in [5, 5.41) is 17.7. The van der Waals surface area contributed by atoms with Crippen molar-refractivity contribution >= 4 is 23.1 Å². The van der Waals surface area contributed by atoms with E-state index >= 15 is 0 Å². The first-order chi connectivity index (χ1) is 13.2. The van der Waals surface area contributed by atoms with Gasteiger partial charge in [0.25, 0.3) is 0 Å². The van der Waals surface area contributed by atoms with Crippen molar-refractivity contribution in [1.82, 2.24) is 10.1 Å². The van der Waals surface area contributed by atoms with Crippen LogP contribution in [0.25, 0.3) is 11.3 Å². The average Bonchev–Trinajstić information content (AvgIpc) is 3.36. The van der Waals surface area contributed by atoms with E-state index in [-0.39, 0.29) is 17.1 Å². The molecular formula is C19H19N3O4S. The lowest BCUT2D eigenvalue weighted by atomic mass is 10.1. The third-order valence-electron chi connectivity index (χ3n) is 4.53. The Balaban J connectivity index is 1.48. The lowest BCUT2D eigenvalue weighted by molar-refractivity contribution is 0.0698. The maximum Gasteiger partial charge on any atom is 0.343 e. The molecule has 0 bridgehead atoms. The van der Waals surface area contributed by atoms with Crippen molar-refractivity contribution in [2.75, 3.05) is 19.0 Å². The minimum Gasteiger partial charge on any atom is -0.497 e. The monoisotopic (exact) mass is 385 g/mol. The molecule has 2 heterocycles. The number of aryl methyl sites for hydroxylation is 2. The van der Waals surface area contributed by atoms with Gasteiger partial charge in [-0.05, 0) is 43.5 Å². The molecule has 0 aliphatic heterocycles. The molecule has 0 saturated heterocycles. The third kappa shape index (κ3) is 3.52. The van der Waals surface area contributed by atoms with Crippen LogP contribution in [-0.4, -0.2) is 34.9 Å². The van der Waals surface area contributed by atoms with E-state index in [1.807, 2.05) is 0 Å². The Bertz CT molecular complexity index is 940. The number of aromatic carboxylic acids is 1. The summed E-state index contributed by atoms with van der Waals surface area (Å²) >= 11 is 1.75. The first-order valence-electron chi connectivity index (χ1n) is 8.74. The van der Waals surface area contributed by atoms with Gasteiger partial charge >= 0.3 is 5.97 Å². The number of carboxylic acids is 1. The van der Waals surface area contributed by atoms with E-state index in [9.17, 15) is 9.90 Å². The molecule has 2 aromatic heterocycles. The molecule has 2 N–H and O–H groups in total. The number of aromatic nitrogens is 2. The van der Waals surface area contributed by atoms with Gasteiger partial charge < -0.3 is 19.7 Å². The van der Waals surface area contributed by atoms with Crippen LogP contribution in [0.3, 0.4) is 0 Å². The van der Waals surface area contributed by atoms with E-state index in [1.54, 1.807) is 42.7 Å². The maximum atomic E-state index is 11.8. The number of hydrogen-bond donors (Lipinski definition) is 2. The van der Waals surface area contributed by atoms with Gasteiger partial charge in [0.2, 0.25) is 0 Å². The molecule has 27 heavy (non-hydrogen) atoms. The number of benzene rings is 1. The standard InChI is InChI=1S/C19H19N3O4S/c1-25-12-7-5-11(6-8-12)17-16(19(23)24)18(22-26-17)20-10-9-15-21-13-3-2-4-14(13)27-15/h5-8H,2-4,9-10H2,1H3,(H,20,22)(H,23,24). The van der Waals surface area contributed by atoms with E-state index < -0.39 is 5.97 Å². The molecule has 8 heteroatoms. The molecule has 1 aromatic carbocycles. The van der Waals surface area contributed by atoms with Crippen LogP contribution in [0.2, 0.25) is 0 Å². The molecule has 0 fully saturated rings. The number of thiazole rings is 1. The quantitative estimate of drug-likeness (QED) is 0.641. The molecule has 1 aliphatic carbocycles. The topological polar surface area (TPSA) is 97.5 Å². The lowest BCUT2D eigenvalue weighted by Crippen LogP contribution is -2.09. The first kappa shape index (κ1) is 17.5. The van der Waals surface area contributed by atoms with Crippen molar-refractivity contribution in [2.45, 2.75) is 25.7 Å². The number of rotatable bonds is 7. The Labute approximate surface area is 160 Å². The summed E-state index contributed by atoms with van der Waals surface area (Å²) < 4.78 is 10.4. The Morgan fingerprint density at radius 2 is 2.15 bits per heavy atom. The summed E-state index contributed by atoms with van der Waals surface area (Å²) in [6.07, 6.45) is 4.11. The van der Waals surface area contributed by atoms with Gasteiger partial charge in [-0.25, -0.2) is 9.78 Å². The lowest BCUT2D eigenvalue weighted by Gasteiger charge is -2.03. The van der Waals surface area contributed by atoms with Gasteiger partial charge in [0.15, 0.2) is 17.1 Å². The van der Waals surface area contributed by atoms with Gasteiger partial charge in [-0.1, -0.05) is 5.16 Å². The van der Waals surface area contributed by atoms with E-state index in [4.69, 9.17) is 9.26 Å². The average molecular weight is 385 g/mol. The van der Waals surface area contributed by atoms with Gasteiger partial charge in [0.1, 0.15) is 5.75 Å². The summed E-state index contributed by atoms with van der Waals surface area (Å²) in [6, 6.07) is 6.98. The maximum absolute atomic E-state index is 11.8. The number of nitrogens with zero attached hydrogens (tertiary/aromatic N) is 2. The van der Waals surface area contributed by atoms with E-state index in [2.05, 4.69) is 15.5 Å². The SMILES string of the molecule is COc1ccc(-c2onc(NCCc3nc4c(s3)CCC4)c2C(=O)O)cc1. The Morgan fingerprint density at radius 1 is 1.33 bits per heavy atom. The van der Waals surface area contributed by atoms with Crippen molar-refractivity contribution in [1.29, 1.82) is 0 Å². The van der Waals surface area contributed by atoms with Crippen molar-refractivity contribution < 1.29 is 19.2 Å². The van der Waals surface area contributed by atoms with E-state index in [1.165, 1.54) is 17.0 Å². The predicted octanol–water partition coefficient (Wildman–Crippen LogP) is 3.65. The Morgan fingerprint density at radius 3 is 2.85 bits per heavy atom. The molecule has 0 radical (unpaired) electrons. The molecule has 0 spiro atoms. The Kier molecular flexibility index (Phi) is 4.81. The summed E-state index contributed by atoms with van der Waals surface area (Å²) in [6.45, 7) is 0.543. The first-order valence-corrected chi connectivity index (χ1v) is 9.56. The van der Waals surface area contributed by atoms with Crippen molar-refractivity contribution in [3.63, 3.8) is 0 Å². The highest BCUT2D eigenvalue weighted by atomic mass is 32.1. The van der Waals surface area contributed by atoms with Crippen LogP contribution in [0.5, 0.6) is 5.75 Å². The summed E-state index contributed by atoms with van der Waals surface area (Å²) in [4.78, 5) is 17.8. The second-order valence-electron chi connectivity index (χ2n) is 6.28. The molecule has 1 aliphatic rings. The number of methoxy groups -OCH3 is 1. The summed E-state index contributed by atoms with van der Waals surface area (Å²) in [7, 11) is 1.57. The molecule has 0 saturated carbocycles. The fourth-order valence-corrected chi connectivity index (χ4v) is 4.34. The van der Waals surface area contributed by atoms with Gasteiger partial charge in [-0.3, -0.25) is 0 Å². The van der Waals surface area contributed by atoms with Crippen LogP contribution >= 0.6 is 11.3 Å². The number of fused-ring (bicyclic) bond motifs is 1. The summed E-state index contributed by atoms with van der Waals surface area (Å²) in [5.41, 5.74) is 1.89. The van der Waals surface area contributed by atoms with Crippen LogP contribution in [0.4, 0.5) is 5.82 Å². The second-order valence-corrected chi connectivity index (χ2v) is 7.44. The highest BCUT2D eigenvalue weighted by molar-refractivity contribution is 7.11. The number of carboxylic acid groups (broad SMARTS) is 1. The van der Waals surface area contributed by atoms with Crippen LogP contribution in [0.1, 0.15) is 32.4 Å². The number of hydrogen-bond acceptors (Lipinski definition) is 7. The number of ether oxygens (including phenoxy) is 1. The van der Waals surface area contributed by atoms with Crippen molar-refractivity contribution in [3.05, 3.63) is 45.4 Å². The van der Waals surface area contributed by atoms with E-state index in [0.29, 0.717) is 17.9 Å². The molecule has 0 unspecified atom stereocenters. The molecule has 140 valence electrons. The largest absolute Gasteiger partial charge is 0.497 e. The molecule has 0 atom stereocenters. The fourth-order valence-electron chi connectivity index (χ4n) is 3.19. The van der Waals surface area contributed by atoms with Gasteiger partial charge in [0.05, 0.1) is 17.8 Å². The smallest absolute Gasteiger partial charge is 0.343 e. The number of anilines is 1. The van der Waals surface area contributed by atoms with E-state index in [0.717, 1.165) is 24.3 Å². The minimum absolute atomic E-state index is 0.0294. The highest BCUT2D eigenvalue weighted by Crippen LogP contribution is 2.31. The molecule has 7 nitrogen and oxygen atoms in total. The molecule has 0 amide bonds. The molecule has 4 rings (SSSR count). The zero-order valence-corrected chi connectivity index (χ0v) is 15.6. The highest BCUT2D eigenvalue weighted by Gasteiger charge is 2.24. The van der Waals surface area contributed by atoms with Crippen LogP contribution in [0, 0.1) is 0 Å². The van der Waals surface area contributed by atoms with Crippen molar-refractivity contribution in [2.24, 2.45) is 0 Å². The molecular weight excluding hydrogens is 366 g/mol. The predicted molar refractivity (Wildman–Crippen MR) is 102 cm³/mol. The van der Waals surface area contributed by atoms with Gasteiger partial charge in [-0.2, -0.15) is 0 Å². The Hall–Kier alpha value is -2.87. The fraction of sp³-hybridized carbons (Fsp3) is 0.316. The molecule has 3 aromatic rings. The van der Waals surface area contributed by atoms with Crippen LogP contribution in [-0.2, 0) is 19.3 Å². The normalized spacial score (nSPS) is 12.8. The zero-order chi connectivity index (χ0) is 18.8. The van der Waals surface area contributed by atoms with Crippen LogP contribution in [0.15, 0.2) is 28.8 Å². The summed E-state index contributed by atoms with van der Waals surface area (Å²) in [5.74, 6) is 0.0555. The minimum atomic E-state index is -1.09. The second kappa shape index (κ2) is 7.40. The third-order valence-corrected chi connectivity index (χ3v) is 5.75. The number of nitrogens with one attached hydrogen (secondary N) is 1. The zero-order valence-electron chi connectivity index (χ0n) is 14.8. The number of carbonyl (C=O) groups is 1. The van der Waals surface area contributed by atoms with Crippen molar-refractivity contribution in [3.8, 4) is 17.1 Å². The van der Waals surface area contributed by atoms with Gasteiger partial charge in [-0.15, -0.1) is 11.3 Å². The van der Waals surface area contributed by atoms with Gasteiger partial charge in [0, 0.05) is 23.4 Å².